The van der Waals surface area contributed by atoms with Crippen LogP contribution in [0.5, 0.6) is 0 Å². The predicted molar refractivity (Wildman–Crippen MR) is 81.4 cm³/mol. The van der Waals surface area contributed by atoms with Gasteiger partial charge in [0.15, 0.2) is 0 Å². The summed E-state index contributed by atoms with van der Waals surface area (Å²) < 4.78 is 0. The van der Waals surface area contributed by atoms with Crippen molar-refractivity contribution < 1.29 is 0 Å². The zero-order chi connectivity index (χ0) is 13.1. The fraction of sp³-hybridized carbons (Fsp3) is 0.533. The normalized spacial score (nSPS) is 12.9. The molecule has 17 heavy (non-hydrogen) atoms. The molecule has 0 aromatic carbocycles. The van der Waals surface area contributed by atoms with Crippen LogP contribution in [0.25, 0.3) is 4.91 Å². The number of aromatic nitrogens is 1. The highest BCUT2D eigenvalue weighted by Crippen LogP contribution is 2.32. The molecule has 96 valence electrons. The highest BCUT2D eigenvalue weighted by atomic mass is 32.2. The Balaban J connectivity index is 0.000000581. The van der Waals surface area contributed by atoms with Crippen LogP contribution in [0.3, 0.4) is 0 Å². The lowest BCUT2D eigenvalue weighted by atomic mass is 10.2. The quantitative estimate of drug-likeness (QED) is 0.719. The van der Waals surface area contributed by atoms with Crippen molar-refractivity contribution in [3.05, 3.63) is 35.7 Å². The van der Waals surface area contributed by atoms with Crippen molar-refractivity contribution in [2.45, 2.75) is 47.5 Å². The van der Waals surface area contributed by atoms with Gasteiger partial charge in [-0.1, -0.05) is 46.8 Å². The molecule has 2 heterocycles. The summed E-state index contributed by atoms with van der Waals surface area (Å²) in [5, 5.41) is 0. The van der Waals surface area contributed by atoms with Crippen molar-refractivity contribution in [2.24, 2.45) is 0 Å². The van der Waals surface area contributed by atoms with Crippen LogP contribution in [0.2, 0.25) is 0 Å². The van der Waals surface area contributed by atoms with Crippen molar-refractivity contribution >= 4 is 16.7 Å². The third-order valence-corrected chi connectivity index (χ3v) is 3.32. The van der Waals surface area contributed by atoms with Crippen LogP contribution in [-0.4, -0.2) is 10.7 Å². The third-order valence-electron chi connectivity index (χ3n) is 2.19. The van der Waals surface area contributed by atoms with Crippen molar-refractivity contribution in [3.8, 4) is 0 Å². The molecule has 0 aliphatic carbocycles. The van der Waals surface area contributed by atoms with E-state index in [0.717, 1.165) is 12.1 Å². The average molecular weight is 251 g/mol. The van der Waals surface area contributed by atoms with Crippen molar-refractivity contribution in [3.63, 3.8) is 0 Å². The molecule has 2 rings (SSSR count). The molecule has 2 heteroatoms. The second-order valence-corrected chi connectivity index (χ2v) is 4.25. The number of hydrogen-bond donors (Lipinski definition) is 0. The molecule has 1 aliphatic rings. The fourth-order valence-electron chi connectivity index (χ4n) is 1.38. The largest absolute Gasteiger partial charge is 0.255 e. The maximum Gasteiger partial charge on any atom is 0.0762 e. The Kier molecular flexibility index (Phi) is 9.93. The summed E-state index contributed by atoms with van der Waals surface area (Å²) in [5.74, 6) is 1.21. The van der Waals surface area contributed by atoms with E-state index in [-0.39, 0.29) is 0 Å². The van der Waals surface area contributed by atoms with E-state index in [4.69, 9.17) is 0 Å². The second-order valence-electron chi connectivity index (χ2n) is 3.11. The molecule has 0 bridgehead atoms. The molecular formula is C15H25NS. The van der Waals surface area contributed by atoms with E-state index < -0.39 is 0 Å². The van der Waals surface area contributed by atoms with Crippen molar-refractivity contribution in [2.75, 3.05) is 5.75 Å². The van der Waals surface area contributed by atoms with Gasteiger partial charge < -0.3 is 0 Å². The van der Waals surface area contributed by atoms with E-state index in [2.05, 4.69) is 30.1 Å². The number of rotatable bonds is 2. The zero-order valence-corrected chi connectivity index (χ0v) is 12.6. The Bertz CT molecular complexity index is 314. The molecule has 0 amide bonds. The summed E-state index contributed by atoms with van der Waals surface area (Å²) >= 11 is 1.91. The van der Waals surface area contributed by atoms with Gasteiger partial charge in [-0.15, -0.1) is 11.8 Å². The van der Waals surface area contributed by atoms with Crippen molar-refractivity contribution in [1.29, 1.82) is 0 Å². The number of pyridine rings is 1. The summed E-state index contributed by atoms with van der Waals surface area (Å²) in [6, 6.07) is 4.30. The van der Waals surface area contributed by atoms with E-state index >= 15 is 0 Å². The van der Waals surface area contributed by atoms with Crippen LogP contribution in [0.15, 0.2) is 24.4 Å². The molecule has 1 aliphatic heterocycles. The third kappa shape index (κ3) is 5.40. The molecule has 0 saturated carbocycles. The van der Waals surface area contributed by atoms with Gasteiger partial charge in [-0.25, -0.2) is 0 Å². The van der Waals surface area contributed by atoms with Gasteiger partial charge >= 0.3 is 0 Å². The summed E-state index contributed by atoms with van der Waals surface area (Å²) in [5.41, 5.74) is 2.45. The standard InChI is InChI=1S/C11H13NS.2C2H6/c1-2-9-5-6-10(12-8-9)11-4-3-7-13-11;2*1-2/h4-6,8H,2-3,7H2,1H3;2*1-2H3. The first-order valence-corrected chi connectivity index (χ1v) is 7.67. The SMILES string of the molecule is CC.CC.CCc1ccc(C2=CCCS2)nc1. The number of nitrogens with zero attached hydrogens (tertiary/aromatic N) is 1. The van der Waals surface area contributed by atoms with E-state index in [0.29, 0.717) is 0 Å². The molecule has 1 nitrogen and oxygen atoms in total. The van der Waals surface area contributed by atoms with E-state index in [1.807, 2.05) is 45.7 Å². The van der Waals surface area contributed by atoms with Crippen LogP contribution >= 0.6 is 11.8 Å². The highest BCUT2D eigenvalue weighted by Gasteiger charge is 2.08. The first kappa shape index (κ1) is 16.2. The molecule has 0 unspecified atom stereocenters. The minimum absolute atomic E-state index is 1.07. The number of aryl methyl sites for hydroxylation is 1. The molecular weight excluding hydrogens is 226 g/mol. The predicted octanol–water partition coefficient (Wildman–Crippen LogP) is 5.17. The maximum atomic E-state index is 4.44. The smallest absolute Gasteiger partial charge is 0.0762 e. The topological polar surface area (TPSA) is 12.9 Å². The number of allylic oxidation sites excluding steroid dienone is 1. The number of thioether (sulfide) groups is 1. The van der Waals surface area contributed by atoms with Gasteiger partial charge in [0.1, 0.15) is 0 Å². The van der Waals surface area contributed by atoms with Crippen molar-refractivity contribution in [1.82, 2.24) is 4.98 Å². The average Bonchev–Trinajstić information content (AvgIpc) is 2.97. The van der Waals surface area contributed by atoms with Gasteiger partial charge in [0, 0.05) is 16.9 Å². The van der Waals surface area contributed by atoms with Crippen LogP contribution in [0.4, 0.5) is 0 Å². The first-order valence-electron chi connectivity index (χ1n) is 6.68. The Morgan fingerprint density at radius 1 is 1.18 bits per heavy atom. The molecule has 0 N–H and O–H groups in total. The summed E-state index contributed by atoms with van der Waals surface area (Å²) in [4.78, 5) is 5.79. The van der Waals surface area contributed by atoms with Crippen LogP contribution in [-0.2, 0) is 6.42 Å². The van der Waals surface area contributed by atoms with E-state index in [1.165, 1.54) is 22.6 Å². The molecule has 1 aromatic heterocycles. The summed E-state index contributed by atoms with van der Waals surface area (Å²) in [7, 11) is 0. The van der Waals surface area contributed by atoms with Gasteiger partial charge in [0.2, 0.25) is 0 Å². The molecule has 0 spiro atoms. The monoisotopic (exact) mass is 251 g/mol. The minimum atomic E-state index is 1.07. The molecule has 0 fully saturated rings. The summed E-state index contributed by atoms with van der Waals surface area (Å²) in [6.07, 6.45) is 6.52. The lowest BCUT2D eigenvalue weighted by Crippen LogP contribution is -1.87. The lowest BCUT2D eigenvalue weighted by Gasteiger charge is -2.01. The molecule has 0 radical (unpaired) electrons. The van der Waals surface area contributed by atoms with Gasteiger partial charge in [-0.3, -0.25) is 4.98 Å². The Morgan fingerprint density at radius 3 is 2.29 bits per heavy atom. The minimum Gasteiger partial charge on any atom is -0.255 e. The Morgan fingerprint density at radius 2 is 1.88 bits per heavy atom. The van der Waals surface area contributed by atoms with Crippen LogP contribution in [0.1, 0.15) is 52.3 Å². The zero-order valence-electron chi connectivity index (χ0n) is 11.8. The fourth-order valence-corrected chi connectivity index (χ4v) is 2.34. The van der Waals surface area contributed by atoms with Crippen LogP contribution < -0.4 is 0 Å². The Labute approximate surface area is 111 Å². The molecule has 0 saturated heterocycles. The Hall–Kier alpha value is -0.760. The van der Waals surface area contributed by atoms with Gasteiger partial charge in [0.05, 0.1) is 5.69 Å². The van der Waals surface area contributed by atoms with E-state index in [1.54, 1.807) is 0 Å². The van der Waals surface area contributed by atoms with Crippen LogP contribution in [0, 0.1) is 0 Å². The van der Waals surface area contributed by atoms with Gasteiger partial charge in [0.25, 0.3) is 0 Å². The number of hydrogen-bond acceptors (Lipinski definition) is 2. The van der Waals surface area contributed by atoms with Gasteiger partial charge in [-0.2, -0.15) is 0 Å². The first-order chi connectivity index (χ1) is 8.40. The second kappa shape index (κ2) is 10.4. The maximum absolute atomic E-state index is 4.44. The molecule has 0 atom stereocenters. The lowest BCUT2D eigenvalue weighted by molar-refractivity contribution is 1.10. The molecule has 1 aromatic rings. The highest BCUT2D eigenvalue weighted by molar-refractivity contribution is 8.08. The van der Waals surface area contributed by atoms with E-state index in [9.17, 15) is 0 Å². The van der Waals surface area contributed by atoms with Gasteiger partial charge in [-0.05, 0) is 24.5 Å². The summed E-state index contributed by atoms with van der Waals surface area (Å²) in [6.45, 7) is 10.2.